The monoisotopic (exact) mass is 369 g/mol. The molecule has 1 saturated heterocycles. The summed E-state index contributed by atoms with van der Waals surface area (Å²) in [5.74, 6) is -0.0125. The first-order valence-corrected chi connectivity index (χ1v) is 9.86. The Kier molecular flexibility index (Phi) is 4.61. The van der Waals surface area contributed by atoms with Gasteiger partial charge in [-0.1, -0.05) is 12.8 Å². The van der Waals surface area contributed by atoms with Crippen LogP contribution in [0, 0.1) is 12.3 Å². The molecule has 1 atom stereocenters. The SMILES string of the molecule is Cc1cnc2c(C(=O)N3CCC[C@](C)(C(=O)NC4CCCC4)C3)cnn2c1. The average Bonchev–Trinajstić information content (AvgIpc) is 3.30. The van der Waals surface area contributed by atoms with Gasteiger partial charge in [0.25, 0.3) is 5.91 Å². The number of piperidine rings is 1. The van der Waals surface area contributed by atoms with Crippen molar-refractivity contribution in [3.8, 4) is 0 Å². The van der Waals surface area contributed by atoms with E-state index in [-0.39, 0.29) is 11.8 Å². The Hall–Kier alpha value is -2.44. The number of aromatic nitrogens is 3. The summed E-state index contributed by atoms with van der Waals surface area (Å²) in [5, 5.41) is 7.48. The molecule has 27 heavy (non-hydrogen) atoms. The van der Waals surface area contributed by atoms with Gasteiger partial charge in [-0.2, -0.15) is 5.10 Å². The third-order valence-electron chi connectivity index (χ3n) is 5.94. The molecular weight excluding hydrogens is 342 g/mol. The maximum absolute atomic E-state index is 13.1. The first-order chi connectivity index (χ1) is 13.0. The smallest absolute Gasteiger partial charge is 0.259 e. The summed E-state index contributed by atoms with van der Waals surface area (Å²) in [7, 11) is 0. The van der Waals surface area contributed by atoms with E-state index >= 15 is 0 Å². The lowest BCUT2D eigenvalue weighted by Gasteiger charge is -2.39. The molecule has 0 spiro atoms. The second-order valence-corrected chi connectivity index (χ2v) is 8.30. The van der Waals surface area contributed by atoms with Gasteiger partial charge in [-0.05, 0) is 45.1 Å². The van der Waals surface area contributed by atoms with Crippen LogP contribution >= 0.6 is 0 Å². The number of carbonyl (C=O) groups is 2. The van der Waals surface area contributed by atoms with E-state index < -0.39 is 5.41 Å². The highest BCUT2D eigenvalue weighted by Crippen LogP contribution is 2.32. The highest BCUT2D eigenvalue weighted by Gasteiger charge is 2.40. The molecule has 0 bridgehead atoms. The van der Waals surface area contributed by atoms with Crippen LogP contribution in [0.5, 0.6) is 0 Å². The lowest BCUT2D eigenvalue weighted by molar-refractivity contribution is -0.133. The highest BCUT2D eigenvalue weighted by molar-refractivity contribution is 6.00. The van der Waals surface area contributed by atoms with Crippen molar-refractivity contribution < 1.29 is 9.59 Å². The van der Waals surface area contributed by atoms with Crippen molar-refractivity contribution in [1.82, 2.24) is 24.8 Å². The molecule has 0 aromatic carbocycles. The molecule has 1 saturated carbocycles. The average molecular weight is 369 g/mol. The van der Waals surface area contributed by atoms with Crippen LogP contribution in [0.15, 0.2) is 18.6 Å². The van der Waals surface area contributed by atoms with Gasteiger partial charge in [0.1, 0.15) is 5.56 Å². The lowest BCUT2D eigenvalue weighted by Crippen LogP contribution is -2.53. The second-order valence-electron chi connectivity index (χ2n) is 8.30. The highest BCUT2D eigenvalue weighted by atomic mass is 16.2. The molecule has 1 aliphatic heterocycles. The Morgan fingerprint density at radius 2 is 2.00 bits per heavy atom. The van der Waals surface area contributed by atoms with Gasteiger partial charge in [-0.3, -0.25) is 9.59 Å². The number of rotatable bonds is 3. The fraction of sp³-hybridized carbons (Fsp3) is 0.600. The molecular formula is C20H27N5O2. The van der Waals surface area contributed by atoms with Crippen LogP contribution in [-0.4, -0.2) is 50.4 Å². The van der Waals surface area contributed by atoms with E-state index in [1.807, 2.05) is 20.0 Å². The zero-order valence-corrected chi connectivity index (χ0v) is 16.1. The number of amides is 2. The Labute approximate surface area is 159 Å². The minimum atomic E-state index is -0.538. The third kappa shape index (κ3) is 3.42. The molecule has 1 aliphatic carbocycles. The van der Waals surface area contributed by atoms with Crippen molar-refractivity contribution in [1.29, 1.82) is 0 Å². The van der Waals surface area contributed by atoms with E-state index in [0.29, 0.717) is 30.3 Å². The Balaban J connectivity index is 1.51. The van der Waals surface area contributed by atoms with E-state index in [2.05, 4.69) is 15.4 Å². The van der Waals surface area contributed by atoms with Gasteiger partial charge in [0.05, 0.1) is 11.6 Å². The van der Waals surface area contributed by atoms with Gasteiger partial charge in [-0.25, -0.2) is 9.50 Å². The molecule has 144 valence electrons. The molecule has 7 nitrogen and oxygen atoms in total. The number of hydrogen-bond donors (Lipinski definition) is 1. The number of carbonyl (C=O) groups excluding carboxylic acids is 2. The van der Waals surface area contributed by atoms with Crippen LogP contribution in [-0.2, 0) is 4.79 Å². The van der Waals surface area contributed by atoms with E-state index in [1.54, 1.807) is 21.8 Å². The molecule has 2 aromatic heterocycles. The van der Waals surface area contributed by atoms with E-state index in [4.69, 9.17) is 0 Å². The number of nitrogens with zero attached hydrogens (tertiary/aromatic N) is 4. The minimum Gasteiger partial charge on any atom is -0.353 e. The summed E-state index contributed by atoms with van der Waals surface area (Å²) >= 11 is 0. The van der Waals surface area contributed by atoms with Crippen LogP contribution in [0.25, 0.3) is 5.65 Å². The topological polar surface area (TPSA) is 79.6 Å². The molecule has 2 aromatic rings. The summed E-state index contributed by atoms with van der Waals surface area (Å²) in [5.41, 5.74) is 1.51. The Bertz CT molecular complexity index is 870. The Morgan fingerprint density at radius 1 is 1.22 bits per heavy atom. The van der Waals surface area contributed by atoms with Crippen molar-refractivity contribution in [3.63, 3.8) is 0 Å². The molecule has 0 unspecified atom stereocenters. The molecule has 2 aliphatic rings. The van der Waals surface area contributed by atoms with Crippen molar-refractivity contribution in [2.24, 2.45) is 5.41 Å². The van der Waals surface area contributed by atoms with Gasteiger partial charge in [-0.15, -0.1) is 0 Å². The molecule has 0 radical (unpaired) electrons. The zero-order valence-electron chi connectivity index (χ0n) is 16.1. The van der Waals surface area contributed by atoms with Crippen molar-refractivity contribution in [2.75, 3.05) is 13.1 Å². The first kappa shape index (κ1) is 17.9. The largest absolute Gasteiger partial charge is 0.353 e. The molecule has 2 fully saturated rings. The maximum Gasteiger partial charge on any atom is 0.259 e. The van der Waals surface area contributed by atoms with Crippen molar-refractivity contribution in [2.45, 2.75) is 58.4 Å². The third-order valence-corrected chi connectivity index (χ3v) is 5.94. The zero-order chi connectivity index (χ0) is 19.0. The van der Waals surface area contributed by atoms with Gasteiger partial charge in [0.15, 0.2) is 5.65 Å². The van der Waals surface area contributed by atoms with Crippen molar-refractivity contribution >= 4 is 17.5 Å². The predicted octanol–water partition coefficient (Wildman–Crippen LogP) is 2.34. The van der Waals surface area contributed by atoms with Crippen LogP contribution in [0.4, 0.5) is 0 Å². The molecule has 3 heterocycles. The molecule has 2 amide bonds. The van der Waals surface area contributed by atoms with Gasteiger partial charge < -0.3 is 10.2 Å². The second kappa shape index (κ2) is 6.94. The van der Waals surface area contributed by atoms with Crippen LogP contribution < -0.4 is 5.32 Å². The Morgan fingerprint density at radius 3 is 2.78 bits per heavy atom. The number of aryl methyl sites for hydroxylation is 1. The summed E-state index contributed by atoms with van der Waals surface area (Å²) in [6, 6.07) is 0.299. The van der Waals surface area contributed by atoms with Crippen LogP contribution in [0.3, 0.4) is 0 Å². The first-order valence-electron chi connectivity index (χ1n) is 9.86. The molecule has 1 N–H and O–H groups in total. The summed E-state index contributed by atoms with van der Waals surface area (Å²) < 4.78 is 1.64. The van der Waals surface area contributed by atoms with Gasteiger partial charge in [0.2, 0.25) is 5.91 Å². The number of hydrogen-bond acceptors (Lipinski definition) is 4. The lowest BCUT2D eigenvalue weighted by atomic mass is 9.80. The predicted molar refractivity (Wildman–Crippen MR) is 101 cm³/mol. The standard InChI is InChI=1S/C20H27N5O2/c1-14-10-21-17-16(11-22-25(17)12-14)18(26)24-9-5-8-20(2,13-24)19(27)23-15-6-3-4-7-15/h10-12,15H,3-9,13H2,1-2H3,(H,23,27)/t20-/m0/s1. The van der Waals surface area contributed by atoms with Crippen LogP contribution in [0.2, 0.25) is 0 Å². The quantitative estimate of drug-likeness (QED) is 0.901. The summed E-state index contributed by atoms with van der Waals surface area (Å²) in [6.45, 7) is 5.02. The summed E-state index contributed by atoms with van der Waals surface area (Å²) in [4.78, 5) is 32.2. The van der Waals surface area contributed by atoms with E-state index in [9.17, 15) is 9.59 Å². The van der Waals surface area contributed by atoms with Crippen LogP contribution in [0.1, 0.15) is 61.4 Å². The normalized spacial score (nSPS) is 23.7. The molecule has 7 heteroatoms. The molecule has 4 rings (SSSR count). The number of likely N-dealkylation sites (tertiary alicyclic amines) is 1. The summed E-state index contributed by atoms with van der Waals surface area (Å²) in [6.07, 6.45) is 11.3. The van der Waals surface area contributed by atoms with Gasteiger partial charge in [0, 0.05) is 31.5 Å². The fourth-order valence-corrected chi connectivity index (χ4v) is 4.32. The number of nitrogens with one attached hydrogen (secondary N) is 1. The fourth-order valence-electron chi connectivity index (χ4n) is 4.32. The van der Waals surface area contributed by atoms with Gasteiger partial charge >= 0.3 is 0 Å². The van der Waals surface area contributed by atoms with E-state index in [0.717, 1.165) is 31.2 Å². The van der Waals surface area contributed by atoms with E-state index in [1.165, 1.54) is 12.8 Å². The minimum absolute atomic E-state index is 0.0838. The number of fused-ring (bicyclic) bond motifs is 1. The maximum atomic E-state index is 13.1. The van der Waals surface area contributed by atoms with Crippen molar-refractivity contribution in [3.05, 3.63) is 29.7 Å².